The number of esters is 1. The molecule has 100 valence electrons. The molecule has 0 aromatic heterocycles. The van der Waals surface area contributed by atoms with Gasteiger partial charge in [-0.2, -0.15) is 0 Å². The maximum Gasteiger partial charge on any atom is 0.340 e. The van der Waals surface area contributed by atoms with Crippen LogP contribution in [0.4, 0.5) is 15.8 Å². The van der Waals surface area contributed by atoms with Gasteiger partial charge in [0.05, 0.1) is 18.4 Å². The number of nitrogens with one attached hydrogen (secondary N) is 1. The lowest BCUT2D eigenvalue weighted by atomic mass is 10.1. The largest absolute Gasteiger partial charge is 0.465 e. The molecule has 0 saturated heterocycles. The van der Waals surface area contributed by atoms with Crippen LogP contribution in [-0.4, -0.2) is 33.3 Å². The maximum absolute atomic E-state index is 13.6. The first-order valence-electron chi connectivity index (χ1n) is 5.50. The fourth-order valence-electron chi connectivity index (χ4n) is 1.45. The van der Waals surface area contributed by atoms with E-state index in [2.05, 4.69) is 10.1 Å². The van der Waals surface area contributed by atoms with Crippen LogP contribution >= 0.6 is 0 Å². The number of rotatable bonds is 6. The van der Waals surface area contributed by atoms with Crippen molar-refractivity contribution in [3.05, 3.63) is 23.5 Å². The molecular weight excluding hydrogens is 239 g/mol. The van der Waals surface area contributed by atoms with E-state index < -0.39 is 11.8 Å². The van der Waals surface area contributed by atoms with Gasteiger partial charge in [-0.25, -0.2) is 9.18 Å². The van der Waals surface area contributed by atoms with E-state index in [1.165, 1.54) is 13.2 Å². The first-order chi connectivity index (χ1) is 8.60. The molecule has 0 fully saturated rings. The Kier molecular flexibility index (Phi) is 5.38. The Morgan fingerprint density at radius 3 is 2.78 bits per heavy atom. The number of hydrogen-bond donors (Lipinski definition) is 2. The van der Waals surface area contributed by atoms with E-state index >= 15 is 0 Å². The first kappa shape index (κ1) is 14.2. The second-order valence-electron chi connectivity index (χ2n) is 3.68. The third kappa shape index (κ3) is 3.59. The van der Waals surface area contributed by atoms with Gasteiger partial charge in [0, 0.05) is 25.9 Å². The molecule has 0 saturated carbocycles. The van der Waals surface area contributed by atoms with Crippen molar-refractivity contribution in [3.63, 3.8) is 0 Å². The summed E-state index contributed by atoms with van der Waals surface area (Å²) in [5.74, 6) is -1.09. The van der Waals surface area contributed by atoms with Crippen LogP contribution in [0.3, 0.4) is 0 Å². The van der Waals surface area contributed by atoms with E-state index in [4.69, 9.17) is 10.5 Å². The number of carbonyl (C=O) groups excluding carboxylic acids is 1. The first-order valence-corrected chi connectivity index (χ1v) is 5.50. The van der Waals surface area contributed by atoms with E-state index in [0.717, 1.165) is 12.5 Å². The highest BCUT2D eigenvalue weighted by Gasteiger charge is 2.14. The molecule has 0 unspecified atom stereocenters. The molecule has 0 atom stereocenters. The van der Waals surface area contributed by atoms with Gasteiger partial charge in [0.15, 0.2) is 0 Å². The number of nitrogens with two attached hydrogens (primary N) is 1. The lowest BCUT2D eigenvalue weighted by Gasteiger charge is -2.10. The molecule has 1 aromatic carbocycles. The second kappa shape index (κ2) is 6.80. The molecule has 0 radical (unpaired) electrons. The van der Waals surface area contributed by atoms with Crippen LogP contribution in [0, 0.1) is 5.82 Å². The van der Waals surface area contributed by atoms with Crippen molar-refractivity contribution in [2.45, 2.75) is 6.42 Å². The lowest BCUT2D eigenvalue weighted by Crippen LogP contribution is -2.10. The van der Waals surface area contributed by atoms with Gasteiger partial charge >= 0.3 is 5.97 Å². The summed E-state index contributed by atoms with van der Waals surface area (Å²) < 4.78 is 23.0. The monoisotopic (exact) mass is 256 g/mol. The van der Waals surface area contributed by atoms with Crippen molar-refractivity contribution in [2.75, 3.05) is 38.4 Å². The Balaban J connectivity index is 2.81. The summed E-state index contributed by atoms with van der Waals surface area (Å²) in [5.41, 5.74) is 5.98. The van der Waals surface area contributed by atoms with Crippen LogP contribution in [0.5, 0.6) is 0 Å². The van der Waals surface area contributed by atoms with Crippen molar-refractivity contribution in [1.29, 1.82) is 0 Å². The standard InChI is InChI=1S/C12H17FN2O3/c1-17-5-3-4-15-11-6-8(12(16)18-2)10(14)7-9(11)13/h6-7,15H,3-5,14H2,1-2H3. The summed E-state index contributed by atoms with van der Waals surface area (Å²) in [6.45, 7) is 1.11. The lowest BCUT2D eigenvalue weighted by molar-refractivity contribution is 0.0602. The number of carbonyl (C=O) groups is 1. The summed E-state index contributed by atoms with van der Waals surface area (Å²) in [5, 5.41) is 2.88. The van der Waals surface area contributed by atoms with E-state index in [1.807, 2.05) is 0 Å². The molecule has 0 aliphatic carbocycles. The molecule has 3 N–H and O–H groups in total. The molecule has 0 spiro atoms. The van der Waals surface area contributed by atoms with Gasteiger partial charge in [0.1, 0.15) is 5.82 Å². The third-order valence-corrected chi connectivity index (χ3v) is 2.39. The SMILES string of the molecule is COCCCNc1cc(C(=O)OC)c(N)cc1F. The van der Waals surface area contributed by atoms with Gasteiger partial charge in [-0.05, 0) is 18.6 Å². The average molecular weight is 256 g/mol. The molecule has 6 heteroatoms. The van der Waals surface area contributed by atoms with Crippen molar-refractivity contribution in [1.82, 2.24) is 0 Å². The molecule has 0 aliphatic rings. The number of hydrogen-bond acceptors (Lipinski definition) is 5. The minimum Gasteiger partial charge on any atom is -0.465 e. The molecule has 1 rings (SSSR count). The van der Waals surface area contributed by atoms with E-state index in [0.29, 0.717) is 13.2 Å². The highest BCUT2D eigenvalue weighted by atomic mass is 19.1. The van der Waals surface area contributed by atoms with E-state index in [9.17, 15) is 9.18 Å². The van der Waals surface area contributed by atoms with Crippen molar-refractivity contribution >= 4 is 17.3 Å². The molecule has 18 heavy (non-hydrogen) atoms. The minimum absolute atomic E-state index is 0.0572. The quantitative estimate of drug-likeness (QED) is 0.460. The smallest absolute Gasteiger partial charge is 0.340 e. The van der Waals surface area contributed by atoms with Gasteiger partial charge in [-0.15, -0.1) is 0 Å². The maximum atomic E-state index is 13.6. The number of anilines is 2. The van der Waals surface area contributed by atoms with Crippen LogP contribution in [0.25, 0.3) is 0 Å². The van der Waals surface area contributed by atoms with Gasteiger partial charge < -0.3 is 20.5 Å². The Bertz CT molecular complexity index is 424. The molecule has 1 aromatic rings. The zero-order chi connectivity index (χ0) is 13.5. The Morgan fingerprint density at radius 1 is 1.44 bits per heavy atom. The topological polar surface area (TPSA) is 73.6 Å². The second-order valence-corrected chi connectivity index (χ2v) is 3.68. The van der Waals surface area contributed by atoms with Crippen molar-refractivity contribution in [3.8, 4) is 0 Å². The van der Waals surface area contributed by atoms with Gasteiger partial charge in [0.25, 0.3) is 0 Å². The van der Waals surface area contributed by atoms with Crippen LogP contribution < -0.4 is 11.1 Å². The molecule has 5 nitrogen and oxygen atoms in total. The van der Waals surface area contributed by atoms with Crippen molar-refractivity contribution < 1.29 is 18.7 Å². The highest BCUT2D eigenvalue weighted by Crippen LogP contribution is 2.22. The predicted molar refractivity (Wildman–Crippen MR) is 67.1 cm³/mol. The summed E-state index contributed by atoms with van der Waals surface area (Å²) in [4.78, 5) is 11.4. The van der Waals surface area contributed by atoms with Gasteiger partial charge in [-0.1, -0.05) is 0 Å². The predicted octanol–water partition coefficient (Wildman–Crippen LogP) is 1.64. The number of benzene rings is 1. The zero-order valence-corrected chi connectivity index (χ0v) is 10.5. The van der Waals surface area contributed by atoms with Crippen LogP contribution in [0.2, 0.25) is 0 Å². The fraction of sp³-hybridized carbons (Fsp3) is 0.417. The van der Waals surface area contributed by atoms with Gasteiger partial charge in [0.2, 0.25) is 0 Å². The van der Waals surface area contributed by atoms with Crippen LogP contribution in [0.1, 0.15) is 16.8 Å². The summed E-state index contributed by atoms with van der Waals surface area (Å²) in [6.07, 6.45) is 0.730. The third-order valence-electron chi connectivity index (χ3n) is 2.39. The van der Waals surface area contributed by atoms with E-state index in [-0.39, 0.29) is 16.9 Å². The summed E-state index contributed by atoms with van der Waals surface area (Å²) in [6, 6.07) is 2.45. The summed E-state index contributed by atoms with van der Waals surface area (Å²) >= 11 is 0. The Labute approximate surface area is 105 Å². The Hall–Kier alpha value is -1.82. The average Bonchev–Trinajstić information content (AvgIpc) is 2.36. The highest BCUT2D eigenvalue weighted by molar-refractivity contribution is 5.96. The van der Waals surface area contributed by atoms with E-state index in [1.54, 1.807) is 7.11 Å². The fourth-order valence-corrected chi connectivity index (χ4v) is 1.45. The number of ether oxygens (including phenoxy) is 2. The normalized spacial score (nSPS) is 10.2. The van der Waals surface area contributed by atoms with Crippen molar-refractivity contribution in [2.24, 2.45) is 0 Å². The summed E-state index contributed by atoms with van der Waals surface area (Å²) in [7, 11) is 2.84. The number of methoxy groups -OCH3 is 2. The Morgan fingerprint density at radius 2 is 2.17 bits per heavy atom. The minimum atomic E-state index is -0.590. The van der Waals surface area contributed by atoms with Gasteiger partial charge in [-0.3, -0.25) is 0 Å². The molecule has 0 heterocycles. The number of halogens is 1. The molecule has 0 bridgehead atoms. The molecular formula is C12H17FN2O3. The zero-order valence-electron chi connectivity index (χ0n) is 10.5. The molecule has 0 amide bonds. The van der Waals surface area contributed by atoms with Crippen LogP contribution in [0.15, 0.2) is 12.1 Å². The molecule has 0 aliphatic heterocycles. The van der Waals surface area contributed by atoms with Crippen LogP contribution in [-0.2, 0) is 9.47 Å². The number of nitrogen functional groups attached to an aromatic ring is 1.